The zero-order valence-corrected chi connectivity index (χ0v) is 19.3. The Morgan fingerprint density at radius 2 is 2.03 bits per heavy atom. The molecule has 0 radical (unpaired) electrons. The van der Waals surface area contributed by atoms with Crippen molar-refractivity contribution >= 4 is 0 Å². The lowest BCUT2D eigenvalue weighted by atomic mass is 9.46. The lowest BCUT2D eigenvalue weighted by Gasteiger charge is -2.59. The minimum absolute atomic E-state index is 0.00630. The van der Waals surface area contributed by atoms with Gasteiger partial charge in [0.15, 0.2) is 0 Å². The second kappa shape index (κ2) is 8.37. The van der Waals surface area contributed by atoms with E-state index >= 15 is 0 Å². The second-order valence-electron chi connectivity index (χ2n) is 10.5. The zero-order chi connectivity index (χ0) is 22.3. The van der Waals surface area contributed by atoms with Crippen LogP contribution in [0, 0.1) is 29.6 Å². The summed E-state index contributed by atoms with van der Waals surface area (Å²) in [4.78, 5) is 12.0. The van der Waals surface area contributed by atoms with Crippen molar-refractivity contribution in [2.75, 3.05) is 0 Å². The molecule has 0 spiro atoms. The molecule has 0 aliphatic heterocycles. The van der Waals surface area contributed by atoms with Gasteiger partial charge in [0.2, 0.25) is 0 Å². The summed E-state index contributed by atoms with van der Waals surface area (Å²) in [6.07, 6.45) is 8.23. The third-order valence-electron chi connectivity index (χ3n) is 8.18. The number of hydrogen-bond donors (Lipinski definition) is 2. The minimum Gasteiger partial charge on any atom is -0.507 e. The van der Waals surface area contributed by atoms with Crippen molar-refractivity contribution in [3.05, 3.63) is 51.6 Å². The van der Waals surface area contributed by atoms with E-state index in [9.17, 15) is 15.0 Å². The highest BCUT2D eigenvalue weighted by Gasteiger charge is 2.55. The maximum atomic E-state index is 12.0. The normalized spacial score (nSPS) is 31.5. The van der Waals surface area contributed by atoms with Crippen LogP contribution in [0.1, 0.15) is 77.5 Å². The molecule has 166 valence electrons. The molecule has 0 unspecified atom stereocenters. The van der Waals surface area contributed by atoms with Crippen molar-refractivity contribution in [1.29, 1.82) is 0 Å². The number of rotatable bonds is 5. The second-order valence-corrected chi connectivity index (χ2v) is 10.5. The van der Waals surface area contributed by atoms with Crippen LogP contribution in [0.15, 0.2) is 39.1 Å². The molecule has 2 fully saturated rings. The Bertz CT molecular complexity index is 891. The standard InChI is InChI=1S/C26H38O4/c1-16(7-10-19-21(27)15-18(3)30-24(19)29)8-11-20-17(2)9-12-22-25(4,5)23(28)13-14-26(20,22)6/h7,15,20,22-23,27-28H,2,8-14H2,1,3-6H3/b16-7+/t20-,22-,23-,26+/m0/s1. The monoisotopic (exact) mass is 414 g/mol. The van der Waals surface area contributed by atoms with Crippen LogP contribution in [0.4, 0.5) is 0 Å². The van der Waals surface area contributed by atoms with Gasteiger partial charge in [-0.2, -0.15) is 0 Å². The van der Waals surface area contributed by atoms with E-state index < -0.39 is 5.63 Å². The molecular formula is C26H38O4. The molecule has 3 rings (SSSR count). The highest BCUT2D eigenvalue weighted by molar-refractivity contribution is 5.31. The molecule has 4 nitrogen and oxygen atoms in total. The Kier molecular flexibility index (Phi) is 6.38. The fourth-order valence-electron chi connectivity index (χ4n) is 6.26. The van der Waals surface area contributed by atoms with E-state index in [0.29, 0.717) is 29.6 Å². The van der Waals surface area contributed by atoms with Crippen LogP contribution in [0.25, 0.3) is 0 Å². The summed E-state index contributed by atoms with van der Waals surface area (Å²) in [5.41, 5.74) is 2.53. The van der Waals surface area contributed by atoms with Crippen LogP contribution < -0.4 is 5.63 Å². The van der Waals surface area contributed by atoms with Crippen molar-refractivity contribution in [2.45, 2.75) is 85.7 Å². The van der Waals surface area contributed by atoms with Crippen LogP contribution in [0.2, 0.25) is 0 Å². The number of aliphatic hydroxyl groups excluding tert-OH is 1. The molecule has 30 heavy (non-hydrogen) atoms. The van der Waals surface area contributed by atoms with E-state index in [1.165, 1.54) is 17.2 Å². The molecule has 4 heteroatoms. The van der Waals surface area contributed by atoms with E-state index in [1.54, 1.807) is 6.92 Å². The van der Waals surface area contributed by atoms with Crippen molar-refractivity contribution in [1.82, 2.24) is 0 Å². The van der Waals surface area contributed by atoms with Crippen LogP contribution in [0.3, 0.4) is 0 Å². The van der Waals surface area contributed by atoms with Gasteiger partial charge >= 0.3 is 5.63 Å². The summed E-state index contributed by atoms with van der Waals surface area (Å²) in [6.45, 7) is 15.1. The molecule has 1 heterocycles. The topological polar surface area (TPSA) is 70.7 Å². The first-order chi connectivity index (χ1) is 14.0. The summed E-state index contributed by atoms with van der Waals surface area (Å²) < 4.78 is 5.11. The van der Waals surface area contributed by atoms with Crippen molar-refractivity contribution in [3.8, 4) is 5.75 Å². The number of aliphatic hydroxyl groups is 1. The Labute approximate surface area is 180 Å². The SMILES string of the molecule is C=C1CC[C@H]2C(C)(C)[C@@H](O)CC[C@]2(C)[C@H]1CC/C(C)=C/Cc1c(O)cc(C)oc1=O. The van der Waals surface area contributed by atoms with Gasteiger partial charge in [-0.25, -0.2) is 4.79 Å². The minimum atomic E-state index is -0.462. The Morgan fingerprint density at radius 3 is 2.70 bits per heavy atom. The van der Waals surface area contributed by atoms with Gasteiger partial charge in [0.1, 0.15) is 11.5 Å². The fourth-order valence-corrected chi connectivity index (χ4v) is 6.26. The molecular weight excluding hydrogens is 376 g/mol. The Hall–Kier alpha value is -1.81. The van der Waals surface area contributed by atoms with Gasteiger partial charge in [0, 0.05) is 12.5 Å². The maximum absolute atomic E-state index is 12.0. The number of aryl methyl sites for hydroxylation is 1. The highest BCUT2D eigenvalue weighted by Crippen LogP contribution is 2.61. The average Bonchev–Trinajstić information content (AvgIpc) is 2.63. The molecule has 1 aromatic heterocycles. The van der Waals surface area contributed by atoms with Crippen LogP contribution in [-0.4, -0.2) is 16.3 Å². The van der Waals surface area contributed by atoms with E-state index in [0.717, 1.165) is 38.5 Å². The van der Waals surface area contributed by atoms with Crippen LogP contribution in [0.5, 0.6) is 5.75 Å². The molecule has 4 atom stereocenters. The highest BCUT2D eigenvalue weighted by atomic mass is 16.4. The number of hydrogen-bond acceptors (Lipinski definition) is 4. The molecule has 2 aliphatic carbocycles. The molecule has 1 aromatic rings. The largest absolute Gasteiger partial charge is 0.507 e. The number of aromatic hydroxyl groups is 1. The molecule has 2 saturated carbocycles. The Balaban J connectivity index is 1.72. The maximum Gasteiger partial charge on any atom is 0.343 e. The predicted octanol–water partition coefficient (Wildman–Crippen LogP) is 5.69. The van der Waals surface area contributed by atoms with Crippen LogP contribution in [-0.2, 0) is 6.42 Å². The summed E-state index contributed by atoms with van der Waals surface area (Å²) >= 11 is 0. The molecule has 0 saturated heterocycles. The predicted molar refractivity (Wildman–Crippen MR) is 121 cm³/mol. The summed E-state index contributed by atoms with van der Waals surface area (Å²) in [5.74, 6) is 1.37. The van der Waals surface area contributed by atoms with Gasteiger partial charge < -0.3 is 14.6 Å². The van der Waals surface area contributed by atoms with E-state index in [1.807, 2.05) is 6.08 Å². The van der Waals surface area contributed by atoms with E-state index in [4.69, 9.17) is 4.42 Å². The summed E-state index contributed by atoms with van der Waals surface area (Å²) in [5, 5.41) is 20.7. The van der Waals surface area contributed by atoms with Gasteiger partial charge in [0.25, 0.3) is 0 Å². The first kappa shape index (κ1) is 22.9. The Morgan fingerprint density at radius 1 is 1.33 bits per heavy atom. The lowest BCUT2D eigenvalue weighted by Crippen LogP contribution is -2.54. The lowest BCUT2D eigenvalue weighted by molar-refractivity contribution is -0.124. The van der Waals surface area contributed by atoms with Gasteiger partial charge in [-0.1, -0.05) is 44.6 Å². The number of fused-ring (bicyclic) bond motifs is 1. The van der Waals surface area contributed by atoms with Crippen molar-refractivity contribution < 1.29 is 14.6 Å². The smallest absolute Gasteiger partial charge is 0.343 e. The summed E-state index contributed by atoms with van der Waals surface area (Å²) in [6, 6.07) is 1.49. The fraction of sp³-hybridized carbons (Fsp3) is 0.654. The molecule has 0 aromatic carbocycles. The van der Waals surface area contributed by atoms with Crippen LogP contribution >= 0.6 is 0 Å². The first-order valence-electron chi connectivity index (χ1n) is 11.3. The van der Waals surface area contributed by atoms with E-state index in [-0.39, 0.29) is 22.7 Å². The third kappa shape index (κ3) is 4.16. The zero-order valence-electron chi connectivity index (χ0n) is 19.3. The molecule has 2 N–H and O–H groups in total. The molecule has 0 amide bonds. The van der Waals surface area contributed by atoms with Gasteiger partial charge in [-0.15, -0.1) is 0 Å². The van der Waals surface area contributed by atoms with Gasteiger partial charge in [-0.3, -0.25) is 0 Å². The third-order valence-corrected chi connectivity index (χ3v) is 8.18. The first-order valence-corrected chi connectivity index (χ1v) is 11.3. The number of allylic oxidation sites excluding steroid dienone is 3. The van der Waals surface area contributed by atoms with Gasteiger partial charge in [0.05, 0.1) is 11.7 Å². The van der Waals surface area contributed by atoms with E-state index in [2.05, 4.69) is 34.3 Å². The average molecular weight is 415 g/mol. The molecule has 0 bridgehead atoms. The van der Waals surface area contributed by atoms with Crippen molar-refractivity contribution in [3.63, 3.8) is 0 Å². The van der Waals surface area contributed by atoms with Crippen molar-refractivity contribution in [2.24, 2.45) is 22.7 Å². The van der Waals surface area contributed by atoms with Gasteiger partial charge in [-0.05, 0) is 75.0 Å². The molecule has 2 aliphatic rings. The summed E-state index contributed by atoms with van der Waals surface area (Å²) in [7, 11) is 0. The quantitative estimate of drug-likeness (QED) is 0.607.